The van der Waals surface area contributed by atoms with Crippen molar-refractivity contribution in [2.75, 3.05) is 20.0 Å². The first-order valence-corrected chi connectivity index (χ1v) is 10.8. The number of benzene rings is 1. The molecule has 0 aliphatic heterocycles. The summed E-state index contributed by atoms with van der Waals surface area (Å²) in [6.07, 6.45) is 1.64. The minimum Gasteiger partial charge on any atom is -0.493 e. The van der Waals surface area contributed by atoms with E-state index < -0.39 is 0 Å². The van der Waals surface area contributed by atoms with Crippen LogP contribution in [0.1, 0.15) is 24.3 Å². The number of aromatic nitrogens is 2. The lowest BCUT2D eigenvalue weighted by atomic mass is 10.1. The lowest BCUT2D eigenvalue weighted by molar-refractivity contribution is 0.354. The number of ether oxygens (including phenoxy) is 2. The molecule has 3 rings (SSSR count). The van der Waals surface area contributed by atoms with Gasteiger partial charge in [0, 0.05) is 11.4 Å². The standard InChI is InChI=1S/C20H24N2O3S2/c1-5-14-12-15-18(27-14)21-20(26-6-2)22(19(15)23)10-9-13-7-8-16(24-3)17(11-13)25-4/h7-8,11-12H,5-6,9-10H2,1-4H3. The van der Waals surface area contributed by atoms with Crippen LogP contribution in [0.4, 0.5) is 0 Å². The fourth-order valence-electron chi connectivity index (χ4n) is 2.93. The third-order valence-electron chi connectivity index (χ3n) is 4.36. The number of rotatable bonds is 8. The molecular formula is C20H24N2O3S2. The van der Waals surface area contributed by atoms with Crippen LogP contribution in [-0.2, 0) is 19.4 Å². The van der Waals surface area contributed by atoms with Gasteiger partial charge in [-0.25, -0.2) is 4.98 Å². The highest BCUT2D eigenvalue weighted by atomic mass is 32.2. The van der Waals surface area contributed by atoms with E-state index in [0.717, 1.165) is 39.5 Å². The third-order valence-corrected chi connectivity index (χ3v) is 6.39. The van der Waals surface area contributed by atoms with Gasteiger partial charge in [0.1, 0.15) is 4.83 Å². The van der Waals surface area contributed by atoms with Gasteiger partial charge < -0.3 is 9.47 Å². The van der Waals surface area contributed by atoms with Crippen LogP contribution in [0.5, 0.6) is 11.5 Å². The molecule has 2 aromatic heterocycles. The van der Waals surface area contributed by atoms with E-state index in [2.05, 4.69) is 13.8 Å². The zero-order valence-corrected chi connectivity index (χ0v) is 17.7. The molecule has 0 bridgehead atoms. The number of thioether (sulfide) groups is 1. The maximum absolute atomic E-state index is 13.1. The summed E-state index contributed by atoms with van der Waals surface area (Å²) in [6, 6.07) is 7.85. The summed E-state index contributed by atoms with van der Waals surface area (Å²) in [7, 11) is 3.25. The molecular weight excluding hydrogens is 380 g/mol. The Labute approximate surface area is 167 Å². The predicted molar refractivity (Wildman–Crippen MR) is 113 cm³/mol. The molecule has 3 aromatic rings. The maximum atomic E-state index is 13.1. The van der Waals surface area contributed by atoms with Gasteiger partial charge in [0.25, 0.3) is 5.56 Å². The molecule has 0 saturated carbocycles. The van der Waals surface area contributed by atoms with E-state index in [-0.39, 0.29) is 5.56 Å². The molecule has 0 amide bonds. The van der Waals surface area contributed by atoms with E-state index in [1.54, 1.807) is 41.9 Å². The zero-order chi connectivity index (χ0) is 19.4. The molecule has 0 aliphatic carbocycles. The first-order chi connectivity index (χ1) is 13.1. The zero-order valence-electron chi connectivity index (χ0n) is 16.1. The smallest absolute Gasteiger partial charge is 0.262 e. The Morgan fingerprint density at radius 1 is 1.15 bits per heavy atom. The van der Waals surface area contributed by atoms with Crippen molar-refractivity contribution in [1.82, 2.24) is 9.55 Å². The molecule has 0 radical (unpaired) electrons. The first kappa shape index (κ1) is 19.8. The molecule has 0 fully saturated rings. The molecule has 0 aliphatic rings. The Kier molecular flexibility index (Phi) is 6.44. The molecule has 7 heteroatoms. The number of hydrogen-bond acceptors (Lipinski definition) is 6. The summed E-state index contributed by atoms with van der Waals surface area (Å²) >= 11 is 3.23. The van der Waals surface area contributed by atoms with Crippen molar-refractivity contribution in [3.63, 3.8) is 0 Å². The van der Waals surface area contributed by atoms with Gasteiger partial charge in [-0.15, -0.1) is 11.3 Å². The molecule has 0 spiro atoms. The van der Waals surface area contributed by atoms with Gasteiger partial charge in [-0.3, -0.25) is 9.36 Å². The molecule has 144 valence electrons. The number of methoxy groups -OCH3 is 2. The lowest BCUT2D eigenvalue weighted by Crippen LogP contribution is -2.23. The average Bonchev–Trinajstić information content (AvgIpc) is 3.11. The van der Waals surface area contributed by atoms with Crippen molar-refractivity contribution in [1.29, 1.82) is 0 Å². The maximum Gasteiger partial charge on any atom is 0.262 e. The van der Waals surface area contributed by atoms with Gasteiger partial charge in [0.2, 0.25) is 0 Å². The summed E-state index contributed by atoms with van der Waals surface area (Å²) in [6.45, 7) is 4.75. The van der Waals surface area contributed by atoms with Gasteiger partial charge in [-0.05, 0) is 42.4 Å². The van der Waals surface area contributed by atoms with E-state index >= 15 is 0 Å². The Morgan fingerprint density at radius 3 is 2.59 bits per heavy atom. The summed E-state index contributed by atoms with van der Waals surface area (Å²) in [5.74, 6) is 2.28. The fraction of sp³-hybridized carbons (Fsp3) is 0.400. The van der Waals surface area contributed by atoms with Gasteiger partial charge in [0.15, 0.2) is 16.7 Å². The second-order valence-corrected chi connectivity index (χ2v) is 8.35. The lowest BCUT2D eigenvalue weighted by Gasteiger charge is -2.13. The van der Waals surface area contributed by atoms with E-state index in [1.807, 2.05) is 24.3 Å². The average molecular weight is 405 g/mol. The van der Waals surface area contributed by atoms with Crippen molar-refractivity contribution in [3.8, 4) is 11.5 Å². The minimum absolute atomic E-state index is 0.0485. The van der Waals surface area contributed by atoms with E-state index in [4.69, 9.17) is 14.5 Å². The summed E-state index contributed by atoms with van der Waals surface area (Å²) in [5, 5.41) is 1.52. The SMILES string of the molecule is CCSc1nc2sc(CC)cc2c(=O)n1CCc1ccc(OC)c(OC)c1. The van der Waals surface area contributed by atoms with Crippen LogP contribution < -0.4 is 15.0 Å². The normalized spacial score (nSPS) is 11.1. The molecule has 1 aromatic carbocycles. The largest absolute Gasteiger partial charge is 0.493 e. The van der Waals surface area contributed by atoms with Gasteiger partial charge >= 0.3 is 0 Å². The van der Waals surface area contributed by atoms with Crippen molar-refractivity contribution in [2.24, 2.45) is 0 Å². The van der Waals surface area contributed by atoms with Crippen LogP contribution in [-0.4, -0.2) is 29.5 Å². The van der Waals surface area contributed by atoms with Gasteiger partial charge in [-0.2, -0.15) is 0 Å². The number of thiophene rings is 1. The molecule has 0 atom stereocenters. The molecule has 5 nitrogen and oxygen atoms in total. The number of aryl methyl sites for hydroxylation is 2. The van der Waals surface area contributed by atoms with Crippen LogP contribution in [0.3, 0.4) is 0 Å². The van der Waals surface area contributed by atoms with E-state index in [1.165, 1.54) is 4.88 Å². The van der Waals surface area contributed by atoms with Crippen molar-refractivity contribution in [2.45, 2.75) is 38.4 Å². The van der Waals surface area contributed by atoms with Crippen LogP contribution in [0.15, 0.2) is 34.2 Å². The molecule has 0 unspecified atom stereocenters. The Morgan fingerprint density at radius 2 is 1.93 bits per heavy atom. The Bertz CT molecular complexity index is 995. The number of fused-ring (bicyclic) bond motifs is 1. The Balaban J connectivity index is 1.94. The second-order valence-electron chi connectivity index (χ2n) is 6.01. The molecule has 2 heterocycles. The Hall–Kier alpha value is -1.99. The third kappa shape index (κ3) is 4.14. The van der Waals surface area contributed by atoms with Crippen LogP contribution in [0, 0.1) is 0 Å². The quantitative estimate of drug-likeness (QED) is 0.412. The van der Waals surface area contributed by atoms with Crippen molar-refractivity contribution >= 4 is 33.3 Å². The highest BCUT2D eigenvalue weighted by Gasteiger charge is 2.14. The van der Waals surface area contributed by atoms with Crippen LogP contribution >= 0.6 is 23.1 Å². The van der Waals surface area contributed by atoms with E-state index in [0.29, 0.717) is 18.0 Å². The van der Waals surface area contributed by atoms with Crippen molar-refractivity contribution in [3.05, 3.63) is 45.1 Å². The van der Waals surface area contributed by atoms with E-state index in [9.17, 15) is 4.79 Å². The molecule has 0 N–H and O–H groups in total. The highest BCUT2D eigenvalue weighted by Crippen LogP contribution is 2.28. The fourth-order valence-corrected chi connectivity index (χ4v) is 4.69. The van der Waals surface area contributed by atoms with Crippen LogP contribution in [0.25, 0.3) is 10.2 Å². The monoisotopic (exact) mass is 404 g/mol. The molecule has 0 saturated heterocycles. The highest BCUT2D eigenvalue weighted by molar-refractivity contribution is 7.99. The van der Waals surface area contributed by atoms with Crippen molar-refractivity contribution < 1.29 is 9.47 Å². The summed E-state index contributed by atoms with van der Waals surface area (Å²) < 4.78 is 12.5. The summed E-state index contributed by atoms with van der Waals surface area (Å²) in [4.78, 5) is 19.9. The minimum atomic E-state index is 0.0485. The summed E-state index contributed by atoms with van der Waals surface area (Å²) in [5.41, 5.74) is 1.14. The topological polar surface area (TPSA) is 53.4 Å². The first-order valence-electron chi connectivity index (χ1n) is 8.98. The van der Waals surface area contributed by atoms with Gasteiger partial charge in [-0.1, -0.05) is 31.7 Å². The van der Waals surface area contributed by atoms with Crippen LogP contribution in [0.2, 0.25) is 0 Å². The molecule has 27 heavy (non-hydrogen) atoms. The predicted octanol–water partition coefficient (Wildman–Crippen LogP) is 4.39. The van der Waals surface area contributed by atoms with Gasteiger partial charge in [0.05, 0.1) is 19.6 Å². The number of hydrogen-bond donors (Lipinski definition) is 0. The second kappa shape index (κ2) is 8.80. The number of nitrogens with zero attached hydrogens (tertiary/aromatic N) is 2.